The van der Waals surface area contributed by atoms with Crippen LogP contribution in [0.1, 0.15) is 5.56 Å². The third-order valence-electron chi connectivity index (χ3n) is 3.43. The van der Waals surface area contributed by atoms with Crippen molar-refractivity contribution in [2.75, 3.05) is 11.4 Å². The topological polar surface area (TPSA) is 98.3 Å². The first kappa shape index (κ1) is 13.8. The first-order valence-corrected chi connectivity index (χ1v) is 7.93. The number of carbonyl (C=O) groups is 1. The summed E-state index contributed by atoms with van der Waals surface area (Å²) in [5.74, 6) is -0.0826. The molecule has 0 saturated heterocycles. The molecule has 7 nitrogen and oxygen atoms in total. The van der Waals surface area contributed by atoms with Crippen LogP contribution < -0.4 is 10.0 Å². The number of sulfonamides is 1. The van der Waals surface area contributed by atoms with Crippen LogP contribution in [-0.4, -0.2) is 30.7 Å². The number of rotatable bonds is 3. The van der Waals surface area contributed by atoms with Crippen molar-refractivity contribution in [3.8, 4) is 0 Å². The van der Waals surface area contributed by atoms with E-state index in [2.05, 4.69) is 5.10 Å². The van der Waals surface area contributed by atoms with Gasteiger partial charge in [-0.15, -0.1) is 0 Å². The number of nitrogens with two attached hydrogens (primary N) is 1. The normalized spacial score (nSPS) is 14.2. The third-order valence-corrected chi connectivity index (χ3v) is 4.34. The molecule has 21 heavy (non-hydrogen) atoms. The van der Waals surface area contributed by atoms with E-state index in [0.29, 0.717) is 13.0 Å². The first-order valence-electron chi connectivity index (χ1n) is 6.39. The Morgan fingerprint density at radius 3 is 2.86 bits per heavy atom. The van der Waals surface area contributed by atoms with Crippen molar-refractivity contribution in [3.63, 3.8) is 0 Å². The summed E-state index contributed by atoms with van der Waals surface area (Å²) >= 11 is 0. The Labute approximate surface area is 122 Å². The molecule has 2 N–H and O–H groups in total. The summed E-state index contributed by atoms with van der Waals surface area (Å²) in [5.41, 5.74) is 1.55. The van der Waals surface area contributed by atoms with Gasteiger partial charge < -0.3 is 4.90 Å². The maximum Gasteiger partial charge on any atom is 0.248 e. The van der Waals surface area contributed by atoms with Crippen molar-refractivity contribution in [1.82, 2.24) is 9.78 Å². The molecule has 1 aliphatic heterocycles. The van der Waals surface area contributed by atoms with Crippen LogP contribution in [0.3, 0.4) is 0 Å². The van der Waals surface area contributed by atoms with Crippen LogP contribution in [0.4, 0.5) is 5.69 Å². The number of fused-ring (bicyclic) bond motifs is 1. The van der Waals surface area contributed by atoms with Crippen LogP contribution in [0.15, 0.2) is 41.6 Å². The molecule has 0 spiro atoms. The van der Waals surface area contributed by atoms with Gasteiger partial charge >= 0.3 is 0 Å². The van der Waals surface area contributed by atoms with Gasteiger partial charge in [0.1, 0.15) is 6.54 Å². The molecule has 1 aromatic heterocycles. The molecular weight excluding hydrogens is 292 g/mol. The highest BCUT2D eigenvalue weighted by Gasteiger charge is 2.26. The second-order valence-corrected chi connectivity index (χ2v) is 6.40. The van der Waals surface area contributed by atoms with E-state index in [1.54, 1.807) is 34.1 Å². The smallest absolute Gasteiger partial charge is 0.248 e. The summed E-state index contributed by atoms with van der Waals surface area (Å²) in [6, 6.07) is 6.34. The quantitative estimate of drug-likeness (QED) is 0.870. The van der Waals surface area contributed by atoms with Gasteiger partial charge in [0.15, 0.2) is 0 Å². The number of hydrogen-bond donors (Lipinski definition) is 1. The van der Waals surface area contributed by atoms with Crippen LogP contribution in [-0.2, 0) is 27.8 Å². The monoisotopic (exact) mass is 306 g/mol. The zero-order chi connectivity index (χ0) is 15.0. The molecule has 1 aromatic carbocycles. The molecule has 1 amide bonds. The predicted molar refractivity (Wildman–Crippen MR) is 76.1 cm³/mol. The molecule has 0 radical (unpaired) electrons. The Balaban J connectivity index is 1.85. The average Bonchev–Trinajstić information content (AvgIpc) is 3.05. The van der Waals surface area contributed by atoms with Crippen LogP contribution in [0.25, 0.3) is 0 Å². The number of hydrogen-bond acceptors (Lipinski definition) is 4. The van der Waals surface area contributed by atoms with Crippen molar-refractivity contribution in [2.24, 2.45) is 5.14 Å². The van der Waals surface area contributed by atoms with Crippen molar-refractivity contribution < 1.29 is 13.2 Å². The zero-order valence-corrected chi connectivity index (χ0v) is 12.0. The van der Waals surface area contributed by atoms with Gasteiger partial charge in [-0.05, 0) is 36.2 Å². The van der Waals surface area contributed by atoms with Gasteiger partial charge in [0.2, 0.25) is 15.9 Å². The molecule has 3 rings (SSSR count). The Hall–Kier alpha value is -2.19. The maximum absolute atomic E-state index is 12.3. The summed E-state index contributed by atoms with van der Waals surface area (Å²) < 4.78 is 24.2. The van der Waals surface area contributed by atoms with Crippen molar-refractivity contribution >= 4 is 21.6 Å². The second-order valence-electron chi connectivity index (χ2n) is 4.83. The summed E-state index contributed by atoms with van der Waals surface area (Å²) in [5, 5.41) is 9.12. The van der Waals surface area contributed by atoms with Gasteiger partial charge in [-0.3, -0.25) is 9.48 Å². The lowest BCUT2D eigenvalue weighted by atomic mass is 10.2. The number of primary sulfonamides is 1. The number of benzene rings is 1. The largest absolute Gasteiger partial charge is 0.310 e. The minimum atomic E-state index is -3.72. The molecule has 1 aliphatic rings. The molecule has 0 bridgehead atoms. The van der Waals surface area contributed by atoms with E-state index < -0.39 is 10.0 Å². The minimum Gasteiger partial charge on any atom is -0.310 e. The van der Waals surface area contributed by atoms with Crippen LogP contribution in [0.5, 0.6) is 0 Å². The van der Waals surface area contributed by atoms with Crippen LogP contribution in [0, 0.1) is 0 Å². The fourth-order valence-corrected chi connectivity index (χ4v) is 3.00. The molecule has 8 heteroatoms. The number of amides is 1. The van der Waals surface area contributed by atoms with Crippen molar-refractivity contribution in [2.45, 2.75) is 17.9 Å². The van der Waals surface area contributed by atoms with Gasteiger partial charge in [-0.1, -0.05) is 0 Å². The highest BCUT2D eigenvalue weighted by molar-refractivity contribution is 7.89. The van der Waals surface area contributed by atoms with Crippen LogP contribution >= 0.6 is 0 Å². The molecule has 2 aromatic rings. The fourth-order valence-electron chi connectivity index (χ4n) is 2.43. The van der Waals surface area contributed by atoms with E-state index in [9.17, 15) is 13.2 Å². The third kappa shape index (κ3) is 2.67. The number of anilines is 1. The average molecular weight is 306 g/mol. The number of aromatic nitrogens is 2. The lowest BCUT2D eigenvalue weighted by Gasteiger charge is -2.17. The molecule has 0 saturated carbocycles. The highest BCUT2D eigenvalue weighted by Crippen LogP contribution is 2.30. The summed E-state index contributed by atoms with van der Waals surface area (Å²) in [6.45, 7) is 0.687. The Morgan fingerprint density at radius 1 is 1.38 bits per heavy atom. The first-order chi connectivity index (χ1) is 9.95. The molecular formula is C13H14N4O3S. The molecule has 0 aliphatic carbocycles. The Kier molecular flexibility index (Phi) is 3.26. The SMILES string of the molecule is NS(=O)(=O)c1ccc2c(c1)CCN2C(=O)Cn1cccn1. The number of nitrogens with zero attached hydrogens (tertiary/aromatic N) is 3. The minimum absolute atomic E-state index is 0.0719. The zero-order valence-electron chi connectivity index (χ0n) is 11.1. The molecule has 110 valence electrons. The van der Waals surface area contributed by atoms with E-state index in [1.165, 1.54) is 12.1 Å². The van der Waals surface area contributed by atoms with Crippen molar-refractivity contribution in [3.05, 3.63) is 42.2 Å². The van der Waals surface area contributed by atoms with Gasteiger partial charge in [0, 0.05) is 24.6 Å². The van der Waals surface area contributed by atoms with E-state index in [1.807, 2.05) is 0 Å². The summed E-state index contributed by atoms with van der Waals surface area (Å²) in [6.07, 6.45) is 3.95. The van der Waals surface area contributed by atoms with Crippen molar-refractivity contribution in [1.29, 1.82) is 0 Å². The summed E-state index contributed by atoms with van der Waals surface area (Å²) in [7, 11) is -3.72. The lowest BCUT2D eigenvalue weighted by Crippen LogP contribution is -2.32. The Bertz CT molecular complexity index is 784. The second kappa shape index (κ2) is 4.97. The van der Waals surface area contributed by atoms with E-state index in [0.717, 1.165) is 11.3 Å². The molecule has 0 atom stereocenters. The fraction of sp³-hybridized carbons (Fsp3) is 0.231. The highest BCUT2D eigenvalue weighted by atomic mass is 32.2. The lowest BCUT2D eigenvalue weighted by molar-refractivity contribution is -0.119. The van der Waals surface area contributed by atoms with Gasteiger partial charge in [-0.2, -0.15) is 5.10 Å². The summed E-state index contributed by atoms with van der Waals surface area (Å²) in [4.78, 5) is 14.0. The van der Waals surface area contributed by atoms with Gasteiger partial charge in [0.25, 0.3) is 0 Å². The van der Waals surface area contributed by atoms with Gasteiger partial charge in [0.05, 0.1) is 4.90 Å². The molecule has 0 fully saturated rings. The van der Waals surface area contributed by atoms with Crippen LogP contribution in [0.2, 0.25) is 0 Å². The van der Waals surface area contributed by atoms with Gasteiger partial charge in [-0.25, -0.2) is 13.6 Å². The van der Waals surface area contributed by atoms with E-state index in [-0.39, 0.29) is 17.3 Å². The Morgan fingerprint density at radius 2 is 2.19 bits per heavy atom. The molecule has 2 heterocycles. The predicted octanol–water partition coefficient (Wildman–Crippen LogP) is 0.120. The standard InChI is InChI=1S/C13H14N4O3S/c14-21(19,20)11-2-3-12-10(8-11)4-7-17(12)13(18)9-16-6-1-5-15-16/h1-3,5-6,8H,4,7,9H2,(H2,14,19,20). The van der Waals surface area contributed by atoms with E-state index in [4.69, 9.17) is 5.14 Å². The number of carbonyl (C=O) groups excluding carboxylic acids is 1. The van der Waals surface area contributed by atoms with E-state index >= 15 is 0 Å². The molecule has 0 unspecified atom stereocenters. The maximum atomic E-state index is 12.3.